The van der Waals surface area contributed by atoms with Crippen LogP contribution >= 0.6 is 11.9 Å². The van der Waals surface area contributed by atoms with Crippen LogP contribution in [0.25, 0.3) is 0 Å². The molecule has 1 aliphatic heterocycles. The Balaban J connectivity index is 2.18. The second-order valence-corrected chi connectivity index (χ2v) is 4.09. The SMILES string of the molecule is O=C1CCC(=O)N1Sc1ccccc1F. The summed E-state index contributed by atoms with van der Waals surface area (Å²) in [6, 6.07) is 6.07. The van der Waals surface area contributed by atoms with Crippen molar-refractivity contribution < 1.29 is 14.0 Å². The van der Waals surface area contributed by atoms with Crippen molar-refractivity contribution in [3.63, 3.8) is 0 Å². The minimum Gasteiger partial charge on any atom is -0.273 e. The number of rotatable bonds is 2. The lowest BCUT2D eigenvalue weighted by molar-refractivity contribution is -0.131. The first-order valence-electron chi connectivity index (χ1n) is 4.47. The molecule has 2 amide bonds. The molecule has 1 aromatic rings. The van der Waals surface area contributed by atoms with Crippen molar-refractivity contribution in [2.24, 2.45) is 0 Å². The van der Waals surface area contributed by atoms with Crippen LogP contribution in [-0.2, 0) is 9.59 Å². The van der Waals surface area contributed by atoms with Crippen LogP contribution in [0.5, 0.6) is 0 Å². The van der Waals surface area contributed by atoms with Gasteiger partial charge in [-0.05, 0) is 12.1 Å². The molecule has 0 spiro atoms. The number of benzene rings is 1. The molecular weight excluding hydrogens is 217 g/mol. The Bertz CT molecular complexity index is 406. The van der Waals surface area contributed by atoms with Gasteiger partial charge in [-0.3, -0.25) is 9.59 Å². The topological polar surface area (TPSA) is 37.4 Å². The summed E-state index contributed by atoms with van der Waals surface area (Å²) >= 11 is 0.853. The fourth-order valence-electron chi connectivity index (χ4n) is 1.27. The third-order valence-electron chi connectivity index (χ3n) is 2.03. The molecule has 0 saturated carbocycles. The fraction of sp³-hybridized carbons (Fsp3) is 0.200. The Hall–Kier alpha value is -1.36. The summed E-state index contributed by atoms with van der Waals surface area (Å²) in [5.41, 5.74) is 0. The predicted molar refractivity (Wildman–Crippen MR) is 53.3 cm³/mol. The number of carbonyl (C=O) groups is 2. The highest BCUT2D eigenvalue weighted by Gasteiger charge is 2.30. The van der Waals surface area contributed by atoms with E-state index in [9.17, 15) is 14.0 Å². The predicted octanol–water partition coefficient (Wildman–Crippen LogP) is 1.98. The van der Waals surface area contributed by atoms with E-state index in [2.05, 4.69) is 0 Å². The lowest BCUT2D eigenvalue weighted by atomic mass is 10.4. The largest absolute Gasteiger partial charge is 0.273 e. The molecule has 1 saturated heterocycles. The van der Waals surface area contributed by atoms with Gasteiger partial charge in [0.1, 0.15) is 5.82 Å². The van der Waals surface area contributed by atoms with Gasteiger partial charge in [-0.1, -0.05) is 12.1 Å². The average Bonchev–Trinajstić information content (AvgIpc) is 2.53. The molecule has 1 fully saturated rings. The molecule has 1 heterocycles. The smallest absolute Gasteiger partial charge is 0.240 e. The summed E-state index contributed by atoms with van der Waals surface area (Å²) in [4.78, 5) is 22.8. The van der Waals surface area contributed by atoms with Gasteiger partial charge in [-0.2, -0.15) is 0 Å². The molecule has 2 rings (SSSR count). The first kappa shape index (κ1) is 10.2. The summed E-state index contributed by atoms with van der Waals surface area (Å²) < 4.78 is 14.3. The summed E-state index contributed by atoms with van der Waals surface area (Å²) in [6.07, 6.45) is 0.445. The van der Waals surface area contributed by atoms with Crippen molar-refractivity contribution in [3.8, 4) is 0 Å². The Labute approximate surface area is 90.4 Å². The lowest BCUT2D eigenvalue weighted by Gasteiger charge is -2.11. The molecule has 5 heteroatoms. The van der Waals surface area contributed by atoms with E-state index in [0.29, 0.717) is 4.90 Å². The zero-order valence-corrected chi connectivity index (χ0v) is 8.59. The van der Waals surface area contributed by atoms with Crippen LogP contribution in [0.4, 0.5) is 4.39 Å². The molecule has 78 valence electrons. The van der Waals surface area contributed by atoms with Crippen molar-refractivity contribution in [1.29, 1.82) is 0 Å². The number of hydrogen-bond donors (Lipinski definition) is 0. The first-order chi connectivity index (χ1) is 7.18. The van der Waals surface area contributed by atoms with Crippen LogP contribution in [0.15, 0.2) is 29.2 Å². The van der Waals surface area contributed by atoms with Crippen molar-refractivity contribution in [2.75, 3.05) is 0 Å². The van der Waals surface area contributed by atoms with Crippen LogP contribution in [0.3, 0.4) is 0 Å². The molecule has 0 unspecified atom stereocenters. The maximum Gasteiger partial charge on any atom is 0.240 e. The standard InChI is InChI=1S/C10H8FNO2S/c11-7-3-1-2-4-8(7)15-12-9(13)5-6-10(12)14/h1-4H,5-6H2. The van der Waals surface area contributed by atoms with Crippen LogP contribution in [0, 0.1) is 5.82 Å². The molecule has 0 radical (unpaired) electrons. The number of amides is 2. The summed E-state index contributed by atoms with van der Waals surface area (Å²) in [5.74, 6) is -0.934. The highest BCUT2D eigenvalue weighted by molar-refractivity contribution is 7.98. The zero-order valence-electron chi connectivity index (χ0n) is 7.77. The number of imide groups is 1. The number of hydrogen-bond acceptors (Lipinski definition) is 3. The van der Waals surface area contributed by atoms with Crippen molar-refractivity contribution >= 4 is 23.8 Å². The summed E-state index contributed by atoms with van der Waals surface area (Å²) in [7, 11) is 0. The van der Waals surface area contributed by atoms with Crippen molar-refractivity contribution in [1.82, 2.24) is 4.31 Å². The van der Waals surface area contributed by atoms with Gasteiger partial charge in [0.25, 0.3) is 0 Å². The minimum absolute atomic E-state index is 0.223. The molecule has 1 aromatic carbocycles. The van der Waals surface area contributed by atoms with Gasteiger partial charge in [0, 0.05) is 24.8 Å². The highest BCUT2D eigenvalue weighted by Crippen LogP contribution is 2.29. The van der Waals surface area contributed by atoms with E-state index >= 15 is 0 Å². The van der Waals surface area contributed by atoms with E-state index in [1.807, 2.05) is 0 Å². The number of nitrogens with zero attached hydrogens (tertiary/aromatic N) is 1. The van der Waals surface area contributed by atoms with E-state index < -0.39 is 5.82 Å². The normalized spacial score (nSPS) is 16.2. The first-order valence-corrected chi connectivity index (χ1v) is 5.24. The van der Waals surface area contributed by atoms with E-state index in [1.165, 1.54) is 6.07 Å². The van der Waals surface area contributed by atoms with Crippen molar-refractivity contribution in [3.05, 3.63) is 30.1 Å². The maximum absolute atomic E-state index is 13.2. The molecule has 3 nitrogen and oxygen atoms in total. The van der Waals surface area contributed by atoms with Crippen LogP contribution in [0.1, 0.15) is 12.8 Å². The second kappa shape index (κ2) is 4.02. The van der Waals surface area contributed by atoms with E-state index in [4.69, 9.17) is 0 Å². The van der Waals surface area contributed by atoms with Gasteiger partial charge in [0.05, 0.1) is 4.90 Å². The third-order valence-corrected chi connectivity index (χ3v) is 3.15. The molecule has 0 N–H and O–H groups in total. The second-order valence-electron chi connectivity index (χ2n) is 3.10. The van der Waals surface area contributed by atoms with Crippen LogP contribution in [-0.4, -0.2) is 16.1 Å². The molecule has 0 atom stereocenters. The van der Waals surface area contributed by atoms with Gasteiger partial charge >= 0.3 is 0 Å². The summed E-state index contributed by atoms with van der Waals surface area (Å²) in [6.45, 7) is 0. The summed E-state index contributed by atoms with van der Waals surface area (Å²) in [5, 5.41) is 0. The number of halogens is 1. The Morgan fingerprint density at radius 3 is 2.33 bits per heavy atom. The zero-order chi connectivity index (χ0) is 10.8. The van der Waals surface area contributed by atoms with E-state index in [0.717, 1.165) is 16.3 Å². The average molecular weight is 225 g/mol. The fourth-order valence-corrected chi connectivity index (χ4v) is 2.15. The van der Waals surface area contributed by atoms with Gasteiger partial charge in [-0.25, -0.2) is 8.70 Å². The number of carbonyl (C=O) groups excluding carboxylic acids is 2. The Morgan fingerprint density at radius 1 is 1.13 bits per heavy atom. The maximum atomic E-state index is 13.2. The molecule has 0 aliphatic carbocycles. The molecule has 0 bridgehead atoms. The highest BCUT2D eigenvalue weighted by atomic mass is 32.2. The quantitative estimate of drug-likeness (QED) is 0.570. The monoisotopic (exact) mass is 225 g/mol. The molecule has 15 heavy (non-hydrogen) atoms. The van der Waals surface area contributed by atoms with Gasteiger partial charge in [0.15, 0.2) is 0 Å². The minimum atomic E-state index is -0.421. The van der Waals surface area contributed by atoms with Crippen LogP contribution < -0.4 is 0 Å². The lowest BCUT2D eigenvalue weighted by Crippen LogP contribution is -2.21. The molecule has 1 aliphatic rings. The van der Waals surface area contributed by atoms with Crippen molar-refractivity contribution in [2.45, 2.75) is 17.7 Å². The van der Waals surface area contributed by atoms with E-state index in [-0.39, 0.29) is 24.7 Å². The van der Waals surface area contributed by atoms with E-state index in [1.54, 1.807) is 18.2 Å². The Kier molecular flexibility index (Phi) is 2.73. The van der Waals surface area contributed by atoms with Crippen LogP contribution in [0.2, 0.25) is 0 Å². The van der Waals surface area contributed by atoms with Gasteiger partial charge < -0.3 is 0 Å². The third kappa shape index (κ3) is 2.02. The molecule has 0 aromatic heterocycles. The van der Waals surface area contributed by atoms with Gasteiger partial charge in [0.2, 0.25) is 11.8 Å². The Morgan fingerprint density at radius 2 is 1.73 bits per heavy atom. The molecular formula is C10H8FNO2S. The van der Waals surface area contributed by atoms with Gasteiger partial charge in [-0.15, -0.1) is 0 Å².